The van der Waals surface area contributed by atoms with Gasteiger partial charge in [-0.2, -0.15) is 5.10 Å². The van der Waals surface area contributed by atoms with Gasteiger partial charge >= 0.3 is 0 Å². The molecule has 1 aromatic heterocycles. The minimum Gasteiger partial charge on any atom is -0.497 e. The van der Waals surface area contributed by atoms with Crippen LogP contribution in [0.1, 0.15) is 32.8 Å². The van der Waals surface area contributed by atoms with Crippen molar-refractivity contribution >= 4 is 0 Å². The zero-order valence-electron chi connectivity index (χ0n) is 14.4. The Morgan fingerprint density at radius 2 is 2.00 bits per heavy atom. The molecular formula is C18H27N3O2. The van der Waals surface area contributed by atoms with Gasteiger partial charge < -0.3 is 15.2 Å². The number of aliphatic hydroxyl groups is 1. The van der Waals surface area contributed by atoms with Gasteiger partial charge in [0.05, 0.1) is 25.1 Å². The number of methoxy groups -OCH3 is 1. The Balaban J connectivity index is 1.98. The number of H-pyrrole nitrogens is 1. The molecule has 0 aliphatic carbocycles. The van der Waals surface area contributed by atoms with Crippen LogP contribution in [0.25, 0.3) is 11.3 Å². The molecule has 5 nitrogen and oxygen atoms in total. The van der Waals surface area contributed by atoms with Gasteiger partial charge in [-0.3, -0.25) is 5.10 Å². The third-order valence-electron chi connectivity index (χ3n) is 3.86. The summed E-state index contributed by atoms with van der Waals surface area (Å²) >= 11 is 0. The summed E-state index contributed by atoms with van der Waals surface area (Å²) in [5.41, 5.74) is 3.29. The molecule has 0 aliphatic rings. The van der Waals surface area contributed by atoms with Crippen molar-refractivity contribution in [2.24, 2.45) is 5.41 Å². The van der Waals surface area contributed by atoms with Crippen molar-refractivity contribution in [1.82, 2.24) is 15.5 Å². The van der Waals surface area contributed by atoms with E-state index in [1.165, 1.54) is 0 Å². The Bertz CT molecular complexity index is 603. The van der Waals surface area contributed by atoms with Gasteiger partial charge in [0.25, 0.3) is 0 Å². The number of aromatic nitrogens is 2. The standard InChI is InChI=1S/C18H27N3O2/c1-13(22)9-18(2,3)12-19-10-15-11-20-21-17(15)14-5-7-16(23-4)8-6-14/h5-8,11,13,19,22H,9-10,12H2,1-4H3,(H,20,21). The molecule has 0 fully saturated rings. The van der Waals surface area contributed by atoms with E-state index in [9.17, 15) is 5.11 Å². The molecule has 1 atom stereocenters. The molecule has 1 unspecified atom stereocenters. The number of nitrogens with zero attached hydrogens (tertiary/aromatic N) is 1. The summed E-state index contributed by atoms with van der Waals surface area (Å²) in [6.07, 6.45) is 2.35. The van der Waals surface area contributed by atoms with Crippen LogP contribution in [0.2, 0.25) is 0 Å². The summed E-state index contributed by atoms with van der Waals surface area (Å²) in [6, 6.07) is 7.93. The first-order valence-electron chi connectivity index (χ1n) is 7.97. The lowest BCUT2D eigenvalue weighted by molar-refractivity contribution is 0.128. The first-order valence-corrected chi connectivity index (χ1v) is 7.97. The molecule has 1 aromatic carbocycles. The van der Waals surface area contributed by atoms with Crippen LogP contribution in [0, 0.1) is 5.41 Å². The Kier molecular flexibility index (Phi) is 5.80. The van der Waals surface area contributed by atoms with Crippen LogP contribution in [0.15, 0.2) is 30.5 Å². The van der Waals surface area contributed by atoms with Gasteiger partial charge in [-0.1, -0.05) is 13.8 Å². The maximum Gasteiger partial charge on any atom is 0.118 e. The SMILES string of the molecule is COc1ccc(-c2[nH]ncc2CNCC(C)(C)CC(C)O)cc1. The molecule has 0 amide bonds. The minimum absolute atomic E-state index is 0.0537. The molecule has 0 bridgehead atoms. The zero-order chi connectivity index (χ0) is 16.9. The van der Waals surface area contributed by atoms with E-state index >= 15 is 0 Å². The molecule has 0 spiro atoms. The largest absolute Gasteiger partial charge is 0.497 e. The maximum absolute atomic E-state index is 9.55. The molecule has 3 N–H and O–H groups in total. The number of ether oxygens (including phenoxy) is 1. The summed E-state index contributed by atoms with van der Waals surface area (Å²) in [5.74, 6) is 0.841. The maximum atomic E-state index is 9.55. The molecule has 0 saturated carbocycles. The minimum atomic E-state index is -0.282. The molecule has 0 aliphatic heterocycles. The Morgan fingerprint density at radius 1 is 1.30 bits per heavy atom. The van der Waals surface area contributed by atoms with E-state index in [1.807, 2.05) is 37.4 Å². The van der Waals surface area contributed by atoms with Crippen molar-refractivity contribution in [3.8, 4) is 17.0 Å². The number of rotatable bonds is 8. The number of aliphatic hydroxyl groups excluding tert-OH is 1. The summed E-state index contributed by atoms with van der Waals surface area (Å²) in [4.78, 5) is 0. The Hall–Kier alpha value is -1.85. The Labute approximate surface area is 138 Å². The van der Waals surface area contributed by atoms with Gasteiger partial charge in [0.2, 0.25) is 0 Å². The van der Waals surface area contributed by atoms with Gasteiger partial charge in [0, 0.05) is 24.2 Å². The van der Waals surface area contributed by atoms with Crippen LogP contribution in [0.3, 0.4) is 0 Å². The van der Waals surface area contributed by atoms with Gasteiger partial charge in [-0.25, -0.2) is 0 Å². The molecule has 2 aromatic rings. The monoisotopic (exact) mass is 317 g/mol. The van der Waals surface area contributed by atoms with Crippen LogP contribution in [0.5, 0.6) is 5.75 Å². The topological polar surface area (TPSA) is 70.2 Å². The quantitative estimate of drug-likeness (QED) is 0.700. The van der Waals surface area contributed by atoms with Gasteiger partial charge in [0.1, 0.15) is 5.75 Å². The van der Waals surface area contributed by atoms with Crippen LogP contribution in [-0.2, 0) is 6.54 Å². The van der Waals surface area contributed by atoms with E-state index < -0.39 is 0 Å². The summed E-state index contributed by atoms with van der Waals surface area (Å²) in [5, 5.41) is 20.3. The fraction of sp³-hybridized carbons (Fsp3) is 0.500. The lowest BCUT2D eigenvalue weighted by Gasteiger charge is -2.26. The molecule has 2 rings (SSSR count). The number of benzene rings is 1. The summed E-state index contributed by atoms with van der Waals surface area (Å²) in [6.45, 7) is 7.73. The molecule has 1 heterocycles. The normalized spacial score (nSPS) is 13.1. The van der Waals surface area contributed by atoms with Crippen molar-refractivity contribution in [3.05, 3.63) is 36.0 Å². The van der Waals surface area contributed by atoms with Crippen molar-refractivity contribution in [2.75, 3.05) is 13.7 Å². The number of nitrogens with one attached hydrogen (secondary N) is 2. The van der Waals surface area contributed by atoms with E-state index in [0.29, 0.717) is 0 Å². The van der Waals surface area contributed by atoms with Crippen molar-refractivity contribution in [2.45, 2.75) is 39.8 Å². The number of hydrogen-bond acceptors (Lipinski definition) is 4. The highest BCUT2D eigenvalue weighted by Gasteiger charge is 2.20. The fourth-order valence-electron chi connectivity index (χ4n) is 2.86. The average Bonchev–Trinajstić information content (AvgIpc) is 2.94. The highest BCUT2D eigenvalue weighted by Crippen LogP contribution is 2.24. The second-order valence-electron chi connectivity index (χ2n) is 6.82. The summed E-state index contributed by atoms with van der Waals surface area (Å²) in [7, 11) is 1.66. The highest BCUT2D eigenvalue weighted by atomic mass is 16.5. The Morgan fingerprint density at radius 3 is 2.61 bits per heavy atom. The molecular weight excluding hydrogens is 290 g/mol. The van der Waals surface area contributed by atoms with Crippen LogP contribution < -0.4 is 10.1 Å². The van der Waals surface area contributed by atoms with Crippen molar-refractivity contribution < 1.29 is 9.84 Å². The van der Waals surface area contributed by atoms with E-state index in [-0.39, 0.29) is 11.5 Å². The van der Waals surface area contributed by atoms with E-state index in [4.69, 9.17) is 4.74 Å². The van der Waals surface area contributed by atoms with Crippen LogP contribution >= 0.6 is 0 Å². The molecule has 0 radical (unpaired) electrons. The molecule has 5 heteroatoms. The van der Waals surface area contributed by atoms with Gasteiger partial charge in [0.15, 0.2) is 0 Å². The van der Waals surface area contributed by atoms with Crippen molar-refractivity contribution in [3.63, 3.8) is 0 Å². The third-order valence-corrected chi connectivity index (χ3v) is 3.86. The lowest BCUT2D eigenvalue weighted by atomic mass is 9.87. The smallest absolute Gasteiger partial charge is 0.118 e. The van der Waals surface area contributed by atoms with Gasteiger partial charge in [-0.05, 0) is 43.0 Å². The molecule has 0 saturated heterocycles. The lowest BCUT2D eigenvalue weighted by Crippen LogP contribution is -2.31. The van der Waals surface area contributed by atoms with Gasteiger partial charge in [-0.15, -0.1) is 0 Å². The second-order valence-corrected chi connectivity index (χ2v) is 6.82. The van der Waals surface area contributed by atoms with E-state index in [0.717, 1.165) is 42.1 Å². The number of aromatic amines is 1. The predicted molar refractivity (Wildman–Crippen MR) is 92.4 cm³/mol. The molecule has 126 valence electrons. The summed E-state index contributed by atoms with van der Waals surface area (Å²) < 4.78 is 5.19. The predicted octanol–water partition coefficient (Wildman–Crippen LogP) is 2.97. The zero-order valence-corrected chi connectivity index (χ0v) is 14.4. The second kappa shape index (κ2) is 7.62. The van der Waals surface area contributed by atoms with Crippen LogP contribution in [-0.4, -0.2) is 35.1 Å². The third kappa shape index (κ3) is 5.08. The average molecular weight is 317 g/mol. The van der Waals surface area contributed by atoms with E-state index in [2.05, 4.69) is 29.4 Å². The molecule has 23 heavy (non-hydrogen) atoms. The van der Waals surface area contributed by atoms with E-state index in [1.54, 1.807) is 7.11 Å². The number of hydrogen-bond donors (Lipinski definition) is 3. The fourth-order valence-corrected chi connectivity index (χ4v) is 2.86. The highest BCUT2D eigenvalue weighted by molar-refractivity contribution is 5.63. The first-order chi connectivity index (χ1) is 10.9. The van der Waals surface area contributed by atoms with Crippen molar-refractivity contribution in [1.29, 1.82) is 0 Å². The van der Waals surface area contributed by atoms with Crippen LogP contribution in [0.4, 0.5) is 0 Å². The first kappa shape index (κ1) is 17.5.